The van der Waals surface area contributed by atoms with Crippen LogP contribution >= 0.6 is 11.8 Å². The Morgan fingerprint density at radius 2 is 2.22 bits per heavy atom. The van der Waals surface area contributed by atoms with Crippen LogP contribution in [0.25, 0.3) is 5.57 Å². The lowest BCUT2D eigenvalue weighted by Gasteiger charge is -2.30. The Labute approximate surface area is 163 Å². The zero-order valence-electron chi connectivity index (χ0n) is 15.3. The van der Waals surface area contributed by atoms with E-state index in [1.165, 1.54) is 22.3 Å². The average Bonchev–Trinajstić information content (AvgIpc) is 3.11. The maximum Gasteiger partial charge on any atom is 0.223 e. The second-order valence-corrected chi connectivity index (χ2v) is 9.26. The minimum Gasteiger partial charge on any atom is -0.352 e. The summed E-state index contributed by atoms with van der Waals surface area (Å²) in [5.74, 6) is 0.449. The Morgan fingerprint density at radius 3 is 2.81 bits per heavy atom. The lowest BCUT2D eigenvalue weighted by Crippen LogP contribution is -2.42. The van der Waals surface area contributed by atoms with Crippen molar-refractivity contribution in [2.75, 3.05) is 24.7 Å². The lowest BCUT2D eigenvalue weighted by molar-refractivity contribution is 0.331. The average molecular weight is 407 g/mol. The molecule has 0 atom stereocenters. The topological polar surface area (TPSA) is 111 Å². The van der Waals surface area contributed by atoms with Crippen molar-refractivity contribution in [1.29, 1.82) is 5.26 Å². The van der Waals surface area contributed by atoms with Gasteiger partial charge in [0.05, 0.1) is 17.0 Å². The molecular weight excluding hydrogens is 384 g/mol. The predicted octanol–water partition coefficient (Wildman–Crippen LogP) is 2.09. The summed E-state index contributed by atoms with van der Waals surface area (Å²) >= 11 is 1.49. The number of anilines is 1. The summed E-state index contributed by atoms with van der Waals surface area (Å²) in [4.78, 5) is 8.74. The normalized spacial score (nSPS) is 20.6. The quantitative estimate of drug-likeness (QED) is 0.715. The van der Waals surface area contributed by atoms with Gasteiger partial charge in [-0.15, -0.1) is 0 Å². The van der Waals surface area contributed by atoms with E-state index in [1.807, 2.05) is 5.41 Å². The Hall–Kier alpha value is -2.09. The number of rotatable bonds is 5. The third kappa shape index (κ3) is 4.80. The molecular formula is C17H22N6O2S2. The van der Waals surface area contributed by atoms with Gasteiger partial charge in [0.1, 0.15) is 11.6 Å². The predicted molar refractivity (Wildman–Crippen MR) is 107 cm³/mol. The molecule has 0 bridgehead atoms. The maximum atomic E-state index is 11.6. The van der Waals surface area contributed by atoms with Crippen molar-refractivity contribution in [1.82, 2.24) is 19.6 Å². The molecule has 1 aromatic rings. The highest BCUT2D eigenvalue weighted by Gasteiger charge is 2.25. The van der Waals surface area contributed by atoms with Crippen molar-refractivity contribution in [3.63, 3.8) is 0 Å². The lowest BCUT2D eigenvalue weighted by atomic mass is 10.1. The van der Waals surface area contributed by atoms with E-state index in [9.17, 15) is 13.7 Å². The summed E-state index contributed by atoms with van der Waals surface area (Å²) in [5.41, 5.74) is 2.12. The van der Waals surface area contributed by atoms with Crippen LogP contribution in [0.1, 0.15) is 31.9 Å². The van der Waals surface area contributed by atoms with Crippen molar-refractivity contribution >= 4 is 33.3 Å². The highest BCUT2D eigenvalue weighted by atomic mass is 32.2. The molecule has 144 valence electrons. The van der Waals surface area contributed by atoms with Gasteiger partial charge in [0, 0.05) is 31.0 Å². The number of nitriles is 1. The molecule has 3 heterocycles. The third-order valence-electron chi connectivity index (χ3n) is 4.48. The third-order valence-corrected chi connectivity index (χ3v) is 6.73. The van der Waals surface area contributed by atoms with Crippen molar-refractivity contribution < 1.29 is 8.42 Å². The summed E-state index contributed by atoms with van der Waals surface area (Å²) in [6.07, 6.45) is 5.11. The Kier molecular flexibility index (Phi) is 6.04. The molecule has 0 aromatic carbocycles. The maximum absolute atomic E-state index is 11.6. The van der Waals surface area contributed by atoms with E-state index in [0.29, 0.717) is 43.1 Å². The largest absolute Gasteiger partial charge is 0.352 e. The van der Waals surface area contributed by atoms with Gasteiger partial charge < -0.3 is 10.6 Å². The van der Waals surface area contributed by atoms with E-state index in [2.05, 4.69) is 33.6 Å². The number of nitrogens with zero attached hydrogens (tertiary/aromatic N) is 4. The van der Waals surface area contributed by atoms with Crippen molar-refractivity contribution in [2.45, 2.75) is 32.2 Å². The Bertz CT molecular complexity index is 912. The first-order valence-electron chi connectivity index (χ1n) is 8.73. The van der Waals surface area contributed by atoms with E-state index in [-0.39, 0.29) is 6.04 Å². The highest BCUT2D eigenvalue weighted by Crippen LogP contribution is 2.32. The molecule has 0 unspecified atom stereocenters. The fourth-order valence-electron chi connectivity index (χ4n) is 2.93. The number of hydrogen-bond acceptors (Lipinski definition) is 8. The Balaban J connectivity index is 1.70. The molecule has 0 radical (unpaired) electrons. The van der Waals surface area contributed by atoms with Gasteiger partial charge in [-0.3, -0.25) is 0 Å². The van der Waals surface area contributed by atoms with E-state index in [1.54, 1.807) is 12.3 Å². The molecule has 0 saturated carbocycles. The van der Waals surface area contributed by atoms with Crippen LogP contribution in [0.15, 0.2) is 28.4 Å². The highest BCUT2D eigenvalue weighted by molar-refractivity contribution is 8.06. The number of aromatic nitrogens is 2. The van der Waals surface area contributed by atoms with Crippen LogP contribution in [0, 0.1) is 11.3 Å². The molecule has 1 saturated heterocycles. The summed E-state index contributed by atoms with van der Waals surface area (Å²) in [5, 5.41) is 18.9. The van der Waals surface area contributed by atoms with E-state index < -0.39 is 10.0 Å². The molecule has 0 aliphatic carbocycles. The first-order valence-corrected chi connectivity index (χ1v) is 11.5. The molecule has 1 aromatic heterocycles. The molecule has 3 rings (SSSR count). The van der Waals surface area contributed by atoms with Gasteiger partial charge in [0.2, 0.25) is 16.0 Å². The fourth-order valence-corrected chi connectivity index (χ4v) is 4.75. The summed E-state index contributed by atoms with van der Waals surface area (Å²) in [6, 6.07) is 4.05. The minimum absolute atomic E-state index is 0.101. The van der Waals surface area contributed by atoms with Crippen LogP contribution in [0.5, 0.6) is 0 Å². The van der Waals surface area contributed by atoms with Gasteiger partial charge in [-0.2, -0.15) is 5.26 Å². The van der Waals surface area contributed by atoms with Crippen molar-refractivity contribution in [3.05, 3.63) is 34.1 Å². The minimum atomic E-state index is -3.14. The van der Waals surface area contributed by atoms with Crippen LogP contribution < -0.4 is 10.6 Å². The monoisotopic (exact) mass is 406 g/mol. The second kappa shape index (κ2) is 8.29. The first kappa shape index (κ1) is 19.7. The number of thioether (sulfide) groups is 1. The summed E-state index contributed by atoms with van der Waals surface area (Å²) in [7, 11) is -3.14. The second-order valence-electron chi connectivity index (χ2n) is 6.40. The number of sulfonamides is 1. The van der Waals surface area contributed by atoms with Crippen LogP contribution in [-0.2, 0) is 10.0 Å². The standard InChI is InChI=1S/C17H22N6O2S2/c1-3-12-11-26-16(20-12)14(10-18)15-4-7-19-17(22-15)21-13-5-8-23(9-6-13)27(2,24)25/h4,7,11,13,20H,3,5-6,8-9H2,1-2H3,(H,19,21,22)/b16-14-. The van der Waals surface area contributed by atoms with E-state index >= 15 is 0 Å². The molecule has 8 nitrogen and oxygen atoms in total. The van der Waals surface area contributed by atoms with Crippen LogP contribution in [0.3, 0.4) is 0 Å². The molecule has 27 heavy (non-hydrogen) atoms. The van der Waals surface area contributed by atoms with E-state index in [0.717, 1.165) is 17.1 Å². The number of allylic oxidation sites excluding steroid dienone is 2. The number of hydrogen-bond donors (Lipinski definition) is 2. The molecule has 10 heteroatoms. The van der Waals surface area contributed by atoms with Crippen molar-refractivity contribution in [3.8, 4) is 6.07 Å². The zero-order valence-corrected chi connectivity index (χ0v) is 16.9. The summed E-state index contributed by atoms with van der Waals surface area (Å²) < 4.78 is 24.7. The van der Waals surface area contributed by atoms with Gasteiger partial charge in [-0.05, 0) is 30.7 Å². The molecule has 2 N–H and O–H groups in total. The SMILES string of the molecule is CCC1=CS/C(=C(/C#N)c2ccnc(NC3CCN(S(C)(=O)=O)CC3)n2)N1. The van der Waals surface area contributed by atoms with Gasteiger partial charge >= 0.3 is 0 Å². The van der Waals surface area contributed by atoms with E-state index in [4.69, 9.17) is 0 Å². The smallest absolute Gasteiger partial charge is 0.223 e. The molecule has 2 aliphatic heterocycles. The molecule has 0 amide bonds. The molecule has 2 aliphatic rings. The van der Waals surface area contributed by atoms with Gasteiger partial charge in [-0.25, -0.2) is 22.7 Å². The Morgan fingerprint density at radius 1 is 1.48 bits per heavy atom. The van der Waals surface area contributed by atoms with Crippen LogP contribution in [-0.4, -0.2) is 48.1 Å². The van der Waals surface area contributed by atoms with Gasteiger partial charge in [0.15, 0.2) is 0 Å². The first-order chi connectivity index (χ1) is 12.9. The van der Waals surface area contributed by atoms with Gasteiger partial charge in [0.25, 0.3) is 0 Å². The number of piperidine rings is 1. The van der Waals surface area contributed by atoms with Crippen LogP contribution in [0.4, 0.5) is 5.95 Å². The fraction of sp³-hybridized carbons (Fsp3) is 0.471. The summed E-state index contributed by atoms with van der Waals surface area (Å²) in [6.45, 7) is 3.02. The molecule has 1 fully saturated rings. The van der Waals surface area contributed by atoms with Gasteiger partial charge in [-0.1, -0.05) is 18.7 Å². The zero-order chi connectivity index (χ0) is 19.4. The number of nitrogens with one attached hydrogen (secondary N) is 2. The van der Waals surface area contributed by atoms with Crippen LogP contribution in [0.2, 0.25) is 0 Å². The molecule has 0 spiro atoms. The van der Waals surface area contributed by atoms with Crippen molar-refractivity contribution in [2.24, 2.45) is 0 Å².